The van der Waals surface area contributed by atoms with Gasteiger partial charge in [0, 0.05) is 17.4 Å². The number of benzene rings is 2. The van der Waals surface area contributed by atoms with Crippen molar-refractivity contribution >= 4 is 55.0 Å². The smallest absolute Gasteiger partial charge is 0.257 e. The van der Waals surface area contributed by atoms with E-state index in [9.17, 15) is 14.0 Å². The van der Waals surface area contributed by atoms with E-state index in [2.05, 4.69) is 20.6 Å². The van der Waals surface area contributed by atoms with Crippen LogP contribution in [-0.2, 0) is 11.2 Å². The lowest BCUT2D eigenvalue weighted by Gasteiger charge is -2.01. The summed E-state index contributed by atoms with van der Waals surface area (Å²) in [5.41, 5.74) is 1.91. The van der Waals surface area contributed by atoms with Gasteiger partial charge in [0.25, 0.3) is 5.91 Å². The van der Waals surface area contributed by atoms with Crippen molar-refractivity contribution in [3.8, 4) is 0 Å². The van der Waals surface area contributed by atoms with Gasteiger partial charge in [0.15, 0.2) is 10.3 Å². The molecule has 2 amide bonds. The summed E-state index contributed by atoms with van der Waals surface area (Å²) in [6.45, 7) is 0. The minimum Gasteiger partial charge on any atom is -0.302 e. The van der Waals surface area contributed by atoms with Gasteiger partial charge in [-0.1, -0.05) is 23.5 Å². The molecule has 0 unspecified atom stereocenters. The molecule has 4 aromatic rings. The molecule has 0 radical (unpaired) electrons. The molecule has 0 aliphatic rings. The number of hydrogen-bond donors (Lipinski definition) is 2. The molecule has 0 aliphatic heterocycles. The lowest BCUT2D eigenvalue weighted by molar-refractivity contribution is -0.116. The molecule has 0 spiro atoms. The summed E-state index contributed by atoms with van der Waals surface area (Å²) >= 11 is 2.70. The van der Waals surface area contributed by atoms with Crippen LogP contribution >= 0.6 is 22.7 Å². The minimum atomic E-state index is -0.401. The molecule has 9 heteroatoms. The van der Waals surface area contributed by atoms with Crippen molar-refractivity contribution in [3.05, 3.63) is 71.0 Å². The predicted octanol–water partition coefficient (Wildman–Crippen LogP) is 4.72. The van der Waals surface area contributed by atoms with E-state index in [0.29, 0.717) is 27.9 Å². The van der Waals surface area contributed by atoms with E-state index in [0.717, 1.165) is 10.2 Å². The number of aromatic nitrogens is 2. The number of aryl methyl sites for hydroxylation is 1. The van der Waals surface area contributed by atoms with Crippen LogP contribution in [0.4, 0.5) is 14.7 Å². The number of halogens is 1. The average Bonchev–Trinajstić information content (AvgIpc) is 3.32. The Morgan fingerprint density at radius 1 is 0.966 bits per heavy atom. The Morgan fingerprint density at radius 2 is 1.76 bits per heavy atom. The molecule has 4 rings (SSSR count). The monoisotopic (exact) mass is 426 g/mol. The van der Waals surface area contributed by atoms with E-state index < -0.39 is 5.82 Å². The highest BCUT2D eigenvalue weighted by molar-refractivity contribution is 7.22. The average molecular weight is 426 g/mol. The number of amides is 2. The molecule has 0 aliphatic carbocycles. The van der Waals surface area contributed by atoms with Gasteiger partial charge in [0.1, 0.15) is 5.82 Å². The van der Waals surface area contributed by atoms with Crippen LogP contribution in [0.5, 0.6) is 0 Å². The SMILES string of the molecule is O=C(CCc1csc(NC(=O)c2ccc(F)cc2)n1)Nc1nc2ccccc2s1. The molecular weight excluding hydrogens is 411 g/mol. The first kappa shape index (κ1) is 19.2. The first-order chi connectivity index (χ1) is 14.1. The van der Waals surface area contributed by atoms with Crippen molar-refractivity contribution < 1.29 is 14.0 Å². The summed E-state index contributed by atoms with van der Waals surface area (Å²) < 4.78 is 14.0. The Morgan fingerprint density at radius 3 is 2.55 bits per heavy atom. The first-order valence-electron chi connectivity index (χ1n) is 8.73. The van der Waals surface area contributed by atoms with Crippen molar-refractivity contribution in [2.75, 3.05) is 10.6 Å². The number of rotatable bonds is 6. The standard InChI is InChI=1S/C20H15FN4O2S2/c21-13-7-5-12(6-8-13)18(27)25-19-22-14(11-28-19)9-10-17(26)24-20-23-15-3-1-2-4-16(15)29-20/h1-8,11H,9-10H2,(H,22,25,27)(H,23,24,26). The van der Waals surface area contributed by atoms with Gasteiger partial charge in [0.05, 0.1) is 15.9 Å². The second kappa shape index (κ2) is 8.46. The van der Waals surface area contributed by atoms with E-state index in [1.165, 1.54) is 46.9 Å². The Labute approximate surface area is 173 Å². The van der Waals surface area contributed by atoms with Crippen LogP contribution in [0.3, 0.4) is 0 Å². The summed E-state index contributed by atoms with van der Waals surface area (Å²) in [6, 6.07) is 13.0. The molecule has 6 nitrogen and oxygen atoms in total. The zero-order valence-corrected chi connectivity index (χ0v) is 16.6. The Hall–Kier alpha value is -3.17. The van der Waals surface area contributed by atoms with Gasteiger partial charge in [-0.15, -0.1) is 11.3 Å². The number of nitrogens with zero attached hydrogens (tertiary/aromatic N) is 2. The Bertz CT molecular complexity index is 1140. The third-order valence-corrected chi connectivity index (χ3v) is 5.79. The second-order valence-corrected chi connectivity index (χ2v) is 8.03. The molecule has 0 atom stereocenters. The highest BCUT2D eigenvalue weighted by Gasteiger charge is 2.12. The van der Waals surface area contributed by atoms with Crippen molar-refractivity contribution in [1.82, 2.24) is 9.97 Å². The van der Waals surface area contributed by atoms with Crippen molar-refractivity contribution in [3.63, 3.8) is 0 Å². The molecule has 2 aromatic carbocycles. The van der Waals surface area contributed by atoms with E-state index in [4.69, 9.17) is 0 Å². The Balaban J connectivity index is 1.30. The number of fused-ring (bicyclic) bond motifs is 1. The van der Waals surface area contributed by atoms with Gasteiger partial charge in [-0.05, 0) is 42.8 Å². The highest BCUT2D eigenvalue weighted by Crippen LogP contribution is 2.25. The lowest BCUT2D eigenvalue weighted by Crippen LogP contribution is -2.13. The summed E-state index contributed by atoms with van der Waals surface area (Å²) in [6.07, 6.45) is 0.699. The summed E-state index contributed by atoms with van der Waals surface area (Å²) in [4.78, 5) is 33.0. The van der Waals surface area contributed by atoms with Gasteiger partial charge < -0.3 is 5.32 Å². The fourth-order valence-electron chi connectivity index (χ4n) is 2.60. The maximum Gasteiger partial charge on any atom is 0.257 e. The molecule has 146 valence electrons. The molecule has 2 heterocycles. The number of anilines is 2. The molecule has 0 saturated carbocycles. The van der Waals surface area contributed by atoms with Gasteiger partial charge in [-0.3, -0.25) is 14.9 Å². The maximum atomic E-state index is 12.9. The summed E-state index contributed by atoms with van der Waals surface area (Å²) in [7, 11) is 0. The third-order valence-electron chi connectivity index (χ3n) is 4.03. The number of thiazole rings is 2. The quantitative estimate of drug-likeness (QED) is 0.467. The zero-order valence-electron chi connectivity index (χ0n) is 15.0. The maximum absolute atomic E-state index is 12.9. The van der Waals surface area contributed by atoms with E-state index in [1.54, 1.807) is 5.38 Å². The second-order valence-electron chi connectivity index (χ2n) is 6.14. The molecule has 0 saturated heterocycles. The van der Waals surface area contributed by atoms with Crippen LogP contribution in [0, 0.1) is 5.82 Å². The number of carbonyl (C=O) groups excluding carboxylic acids is 2. The molecule has 2 N–H and O–H groups in total. The minimum absolute atomic E-state index is 0.144. The zero-order chi connectivity index (χ0) is 20.2. The number of nitrogens with one attached hydrogen (secondary N) is 2. The van der Waals surface area contributed by atoms with Crippen LogP contribution in [-0.4, -0.2) is 21.8 Å². The summed E-state index contributed by atoms with van der Waals surface area (Å²) in [5, 5.41) is 8.29. The topological polar surface area (TPSA) is 84.0 Å². The summed E-state index contributed by atoms with van der Waals surface area (Å²) in [5.74, 6) is -0.907. The predicted molar refractivity (Wildman–Crippen MR) is 113 cm³/mol. The van der Waals surface area contributed by atoms with Crippen molar-refractivity contribution in [2.24, 2.45) is 0 Å². The number of hydrogen-bond acceptors (Lipinski definition) is 6. The van der Waals surface area contributed by atoms with Gasteiger partial charge in [-0.2, -0.15) is 0 Å². The van der Waals surface area contributed by atoms with Gasteiger partial charge in [-0.25, -0.2) is 14.4 Å². The van der Waals surface area contributed by atoms with Gasteiger partial charge in [0.2, 0.25) is 5.91 Å². The molecule has 0 bridgehead atoms. The van der Waals surface area contributed by atoms with Crippen molar-refractivity contribution in [1.29, 1.82) is 0 Å². The molecule has 0 fully saturated rings. The first-order valence-corrected chi connectivity index (χ1v) is 10.4. The van der Waals surface area contributed by atoms with E-state index in [1.807, 2.05) is 24.3 Å². The molecule has 2 aromatic heterocycles. The normalized spacial score (nSPS) is 10.8. The third kappa shape index (κ3) is 4.82. The van der Waals surface area contributed by atoms with Crippen LogP contribution in [0.2, 0.25) is 0 Å². The number of carbonyl (C=O) groups is 2. The lowest BCUT2D eigenvalue weighted by atomic mass is 10.2. The fraction of sp³-hybridized carbons (Fsp3) is 0.100. The highest BCUT2D eigenvalue weighted by atomic mass is 32.1. The van der Waals surface area contributed by atoms with E-state index in [-0.39, 0.29) is 18.2 Å². The van der Waals surface area contributed by atoms with Gasteiger partial charge >= 0.3 is 0 Å². The molecule has 29 heavy (non-hydrogen) atoms. The number of para-hydroxylation sites is 1. The largest absolute Gasteiger partial charge is 0.302 e. The fourth-order valence-corrected chi connectivity index (χ4v) is 4.22. The van der Waals surface area contributed by atoms with Crippen LogP contribution < -0.4 is 10.6 Å². The van der Waals surface area contributed by atoms with Crippen LogP contribution in [0.1, 0.15) is 22.5 Å². The molecular formula is C20H15FN4O2S2. The van der Waals surface area contributed by atoms with Crippen molar-refractivity contribution in [2.45, 2.75) is 12.8 Å². The van der Waals surface area contributed by atoms with Crippen LogP contribution in [0.25, 0.3) is 10.2 Å². The Kier molecular flexibility index (Phi) is 5.59. The van der Waals surface area contributed by atoms with Crippen LogP contribution in [0.15, 0.2) is 53.9 Å². The van der Waals surface area contributed by atoms with E-state index >= 15 is 0 Å².